The van der Waals surface area contributed by atoms with Crippen LogP contribution in [0.15, 0.2) is 42.5 Å². The fourth-order valence-electron chi connectivity index (χ4n) is 3.91. The van der Waals surface area contributed by atoms with E-state index in [2.05, 4.69) is 5.32 Å². The predicted octanol–water partition coefficient (Wildman–Crippen LogP) is 3.73. The largest absolute Gasteiger partial charge is 0.497 e. The van der Waals surface area contributed by atoms with Crippen LogP contribution in [0, 0.1) is 0 Å². The zero-order valence-corrected chi connectivity index (χ0v) is 19.9. The lowest BCUT2D eigenvalue weighted by Gasteiger charge is -2.31. The predicted molar refractivity (Wildman–Crippen MR) is 127 cm³/mol. The number of nitrogens with one attached hydrogen (secondary N) is 1. The Morgan fingerprint density at radius 3 is 2.52 bits per heavy atom. The number of ether oxygens (including phenoxy) is 3. The molecule has 2 amide bonds. The highest BCUT2D eigenvalue weighted by atomic mass is 16.6. The first-order chi connectivity index (χ1) is 15.9. The third-order valence-corrected chi connectivity index (χ3v) is 5.54. The van der Waals surface area contributed by atoms with Gasteiger partial charge in [0.15, 0.2) is 11.5 Å². The highest BCUT2D eigenvalue weighted by molar-refractivity contribution is 5.87. The van der Waals surface area contributed by atoms with E-state index in [-0.39, 0.29) is 24.3 Å². The lowest BCUT2D eigenvalue weighted by atomic mass is 10.1. The van der Waals surface area contributed by atoms with Crippen molar-refractivity contribution in [2.24, 2.45) is 0 Å². The van der Waals surface area contributed by atoms with Gasteiger partial charge in [-0.25, -0.2) is 0 Å². The number of methoxy groups -OCH3 is 1. The standard InChI is InChI=1S/C26H34N2O5/c1-5-22(26(30)27-18(2)3)28(17-20-7-6-8-21(15-20)31-4)25(29)12-10-19-9-11-23-24(16-19)33-14-13-32-23/h6-9,11,15-16,18,22H,5,10,12-14,17H2,1-4H3,(H,27,30)/t22-/m0/s1. The second kappa shape index (κ2) is 11.6. The number of hydrogen-bond acceptors (Lipinski definition) is 5. The molecule has 0 saturated heterocycles. The van der Waals surface area contributed by atoms with E-state index in [4.69, 9.17) is 14.2 Å². The molecule has 0 unspecified atom stereocenters. The van der Waals surface area contributed by atoms with E-state index < -0.39 is 6.04 Å². The smallest absolute Gasteiger partial charge is 0.243 e. The Morgan fingerprint density at radius 1 is 1.06 bits per heavy atom. The summed E-state index contributed by atoms with van der Waals surface area (Å²) in [5.41, 5.74) is 1.91. The van der Waals surface area contributed by atoms with Gasteiger partial charge in [0, 0.05) is 19.0 Å². The molecular formula is C26H34N2O5. The van der Waals surface area contributed by atoms with Gasteiger partial charge < -0.3 is 24.4 Å². The molecule has 1 N–H and O–H groups in total. The molecule has 0 radical (unpaired) electrons. The van der Waals surface area contributed by atoms with Crippen molar-refractivity contribution in [1.82, 2.24) is 10.2 Å². The van der Waals surface area contributed by atoms with Gasteiger partial charge in [0.2, 0.25) is 11.8 Å². The summed E-state index contributed by atoms with van der Waals surface area (Å²) in [7, 11) is 1.61. The minimum Gasteiger partial charge on any atom is -0.497 e. The number of carbonyl (C=O) groups is 2. The monoisotopic (exact) mass is 454 g/mol. The summed E-state index contributed by atoms with van der Waals surface area (Å²) in [5.74, 6) is 1.95. The number of hydrogen-bond donors (Lipinski definition) is 1. The van der Waals surface area contributed by atoms with Crippen LogP contribution in [0.25, 0.3) is 0 Å². The van der Waals surface area contributed by atoms with Crippen molar-refractivity contribution in [2.75, 3.05) is 20.3 Å². The van der Waals surface area contributed by atoms with E-state index in [0.29, 0.717) is 38.3 Å². The molecule has 2 aromatic carbocycles. The molecule has 0 aromatic heterocycles. The normalized spacial score (nSPS) is 13.4. The van der Waals surface area contributed by atoms with Crippen LogP contribution in [-0.2, 0) is 22.6 Å². The molecule has 0 fully saturated rings. The number of benzene rings is 2. The fourth-order valence-corrected chi connectivity index (χ4v) is 3.91. The van der Waals surface area contributed by atoms with Crippen LogP contribution in [0.5, 0.6) is 17.2 Å². The maximum atomic E-state index is 13.4. The van der Waals surface area contributed by atoms with Gasteiger partial charge in [0.1, 0.15) is 25.0 Å². The van der Waals surface area contributed by atoms with E-state index in [9.17, 15) is 9.59 Å². The summed E-state index contributed by atoms with van der Waals surface area (Å²) in [5, 5.41) is 2.96. The Bertz CT molecular complexity index is 959. The summed E-state index contributed by atoms with van der Waals surface area (Å²) >= 11 is 0. The molecule has 0 spiro atoms. The van der Waals surface area contributed by atoms with Gasteiger partial charge in [-0.2, -0.15) is 0 Å². The molecule has 0 saturated carbocycles. The Labute approximate surface area is 196 Å². The van der Waals surface area contributed by atoms with Crippen molar-refractivity contribution in [1.29, 1.82) is 0 Å². The Balaban J connectivity index is 1.77. The van der Waals surface area contributed by atoms with Crippen LogP contribution < -0.4 is 19.5 Å². The van der Waals surface area contributed by atoms with Crippen LogP contribution in [-0.4, -0.2) is 49.1 Å². The number of fused-ring (bicyclic) bond motifs is 1. The van der Waals surface area contributed by atoms with Gasteiger partial charge in [0.05, 0.1) is 7.11 Å². The third-order valence-electron chi connectivity index (χ3n) is 5.54. The summed E-state index contributed by atoms with van der Waals surface area (Å²) in [6, 6.07) is 12.8. The van der Waals surface area contributed by atoms with Crippen LogP contribution in [0.3, 0.4) is 0 Å². The molecule has 178 valence electrons. The minimum absolute atomic E-state index is 0.00182. The molecule has 7 heteroatoms. The number of carbonyl (C=O) groups excluding carboxylic acids is 2. The zero-order valence-electron chi connectivity index (χ0n) is 19.9. The average molecular weight is 455 g/mol. The molecular weight excluding hydrogens is 420 g/mol. The van der Waals surface area contributed by atoms with E-state index in [1.807, 2.05) is 63.2 Å². The minimum atomic E-state index is -0.550. The maximum absolute atomic E-state index is 13.4. The maximum Gasteiger partial charge on any atom is 0.243 e. The highest BCUT2D eigenvalue weighted by Crippen LogP contribution is 2.31. The second-order valence-corrected chi connectivity index (χ2v) is 8.44. The van der Waals surface area contributed by atoms with Gasteiger partial charge in [-0.15, -0.1) is 0 Å². The summed E-state index contributed by atoms with van der Waals surface area (Å²) in [6.45, 7) is 7.16. The summed E-state index contributed by atoms with van der Waals surface area (Å²) in [4.78, 5) is 28.0. The third kappa shape index (κ3) is 6.63. The quantitative estimate of drug-likeness (QED) is 0.592. The van der Waals surface area contributed by atoms with Crippen molar-refractivity contribution >= 4 is 11.8 Å². The molecule has 2 aromatic rings. The van der Waals surface area contributed by atoms with Crippen molar-refractivity contribution in [3.63, 3.8) is 0 Å². The Kier molecular flexibility index (Phi) is 8.58. The summed E-state index contributed by atoms with van der Waals surface area (Å²) in [6.07, 6.45) is 1.36. The molecule has 3 rings (SSSR count). The van der Waals surface area contributed by atoms with E-state index in [0.717, 1.165) is 22.6 Å². The molecule has 7 nitrogen and oxygen atoms in total. The van der Waals surface area contributed by atoms with Crippen molar-refractivity contribution in [2.45, 2.75) is 58.7 Å². The highest BCUT2D eigenvalue weighted by Gasteiger charge is 2.29. The first kappa shape index (κ1) is 24.4. The van der Waals surface area contributed by atoms with Crippen molar-refractivity contribution < 1.29 is 23.8 Å². The first-order valence-corrected chi connectivity index (χ1v) is 11.5. The second-order valence-electron chi connectivity index (χ2n) is 8.44. The number of aryl methyl sites for hydroxylation is 1. The number of nitrogens with zero attached hydrogens (tertiary/aromatic N) is 1. The molecule has 0 bridgehead atoms. The molecule has 0 aliphatic carbocycles. The summed E-state index contributed by atoms with van der Waals surface area (Å²) < 4.78 is 16.6. The van der Waals surface area contributed by atoms with E-state index in [1.54, 1.807) is 12.0 Å². The topological polar surface area (TPSA) is 77.1 Å². The zero-order chi connectivity index (χ0) is 23.8. The molecule has 1 aliphatic heterocycles. The molecule has 1 atom stereocenters. The first-order valence-electron chi connectivity index (χ1n) is 11.5. The lowest BCUT2D eigenvalue weighted by molar-refractivity contribution is -0.141. The average Bonchev–Trinajstić information content (AvgIpc) is 2.82. The van der Waals surface area contributed by atoms with Gasteiger partial charge in [-0.05, 0) is 62.1 Å². The van der Waals surface area contributed by atoms with Gasteiger partial charge in [0.25, 0.3) is 0 Å². The molecule has 33 heavy (non-hydrogen) atoms. The van der Waals surface area contributed by atoms with Gasteiger partial charge in [-0.1, -0.05) is 25.1 Å². The van der Waals surface area contributed by atoms with Gasteiger partial charge >= 0.3 is 0 Å². The van der Waals surface area contributed by atoms with Crippen LogP contribution in [0.1, 0.15) is 44.7 Å². The van der Waals surface area contributed by atoms with E-state index >= 15 is 0 Å². The van der Waals surface area contributed by atoms with Crippen molar-refractivity contribution in [3.8, 4) is 17.2 Å². The molecule has 1 heterocycles. The number of rotatable bonds is 10. The Hall–Kier alpha value is -3.22. The fraction of sp³-hybridized carbons (Fsp3) is 0.462. The number of amides is 2. The molecule has 1 aliphatic rings. The SMILES string of the molecule is CC[C@@H](C(=O)NC(C)C)N(Cc1cccc(OC)c1)C(=O)CCc1ccc2c(c1)OCCO2. The lowest BCUT2D eigenvalue weighted by Crippen LogP contribution is -2.50. The van der Waals surface area contributed by atoms with Crippen molar-refractivity contribution in [3.05, 3.63) is 53.6 Å². The van der Waals surface area contributed by atoms with Crippen LogP contribution in [0.4, 0.5) is 0 Å². The van der Waals surface area contributed by atoms with Crippen LogP contribution >= 0.6 is 0 Å². The Morgan fingerprint density at radius 2 is 1.82 bits per heavy atom. The van der Waals surface area contributed by atoms with E-state index in [1.165, 1.54) is 0 Å². The van der Waals surface area contributed by atoms with Gasteiger partial charge in [-0.3, -0.25) is 9.59 Å². The van der Waals surface area contributed by atoms with Crippen LogP contribution in [0.2, 0.25) is 0 Å².